The third-order valence-corrected chi connectivity index (χ3v) is 5.61. The molecule has 1 aromatic carbocycles. The molecule has 0 saturated carbocycles. The molecule has 7 nitrogen and oxygen atoms in total. The maximum Gasteiger partial charge on any atom is 0.243 e. The van der Waals surface area contributed by atoms with E-state index in [9.17, 15) is 17.6 Å². The first-order valence-corrected chi connectivity index (χ1v) is 9.93. The van der Waals surface area contributed by atoms with Crippen molar-refractivity contribution in [3.63, 3.8) is 0 Å². The smallest absolute Gasteiger partial charge is 0.243 e. The van der Waals surface area contributed by atoms with E-state index >= 15 is 0 Å². The number of benzene rings is 1. The summed E-state index contributed by atoms with van der Waals surface area (Å²) in [6.45, 7) is 1.60. The van der Waals surface area contributed by atoms with Crippen molar-refractivity contribution in [3.05, 3.63) is 30.1 Å². The molecular weight excluding hydrogens is 351 g/mol. The highest BCUT2D eigenvalue weighted by Gasteiger charge is 2.41. The number of carbonyl (C=O) groups excluding carboxylic acids is 1. The largest absolute Gasteiger partial charge is 0.347 e. The lowest BCUT2D eigenvalue weighted by Crippen LogP contribution is -2.50. The van der Waals surface area contributed by atoms with Gasteiger partial charge in [0.1, 0.15) is 12.4 Å². The number of rotatable bonds is 4. The predicted octanol–water partition coefficient (Wildman–Crippen LogP) is 0.957. The number of carbonyl (C=O) groups is 1. The summed E-state index contributed by atoms with van der Waals surface area (Å²) in [6.07, 6.45) is 2.10. The lowest BCUT2D eigenvalue weighted by molar-refractivity contribution is -0.187. The van der Waals surface area contributed by atoms with Crippen LogP contribution < -0.4 is 4.31 Å². The standard InChI is InChI=1S/C16H21FN2O5S/c1-25(21,22)19(14-4-2-3-13(17)11-14)12-15(20)18-7-5-16(6-8-18)23-9-10-24-16/h2-4,11H,5-10,12H2,1H3. The summed E-state index contributed by atoms with van der Waals surface area (Å²) in [5.74, 6) is -1.49. The summed E-state index contributed by atoms with van der Waals surface area (Å²) < 4.78 is 49.7. The normalized spacial score (nSPS) is 20.0. The van der Waals surface area contributed by atoms with Crippen molar-refractivity contribution in [1.29, 1.82) is 0 Å². The van der Waals surface area contributed by atoms with Crippen LogP contribution in [0, 0.1) is 5.82 Å². The Balaban J connectivity index is 1.69. The Bertz CT molecular complexity index is 739. The Hall–Kier alpha value is -1.71. The van der Waals surface area contributed by atoms with E-state index in [1.165, 1.54) is 18.2 Å². The zero-order chi connectivity index (χ0) is 18.1. The fourth-order valence-corrected chi connectivity index (χ4v) is 3.98. The maximum atomic E-state index is 13.4. The molecule has 0 radical (unpaired) electrons. The van der Waals surface area contributed by atoms with Crippen molar-refractivity contribution >= 4 is 21.6 Å². The molecule has 2 aliphatic rings. The summed E-state index contributed by atoms with van der Waals surface area (Å²) in [4.78, 5) is 14.2. The van der Waals surface area contributed by atoms with Gasteiger partial charge in [0, 0.05) is 25.9 Å². The van der Waals surface area contributed by atoms with Crippen molar-refractivity contribution in [2.75, 3.05) is 43.4 Å². The van der Waals surface area contributed by atoms with Gasteiger partial charge in [0.05, 0.1) is 25.2 Å². The lowest BCUT2D eigenvalue weighted by atomic mass is 10.0. The van der Waals surface area contributed by atoms with Gasteiger partial charge in [0.2, 0.25) is 15.9 Å². The zero-order valence-electron chi connectivity index (χ0n) is 14.0. The molecule has 9 heteroatoms. The Kier molecular flexibility index (Phi) is 4.99. The van der Waals surface area contributed by atoms with Gasteiger partial charge in [-0.15, -0.1) is 0 Å². The van der Waals surface area contributed by atoms with Crippen LogP contribution in [0.15, 0.2) is 24.3 Å². The number of sulfonamides is 1. The number of likely N-dealkylation sites (tertiary alicyclic amines) is 1. The van der Waals surface area contributed by atoms with Crippen LogP contribution in [0.25, 0.3) is 0 Å². The van der Waals surface area contributed by atoms with Gasteiger partial charge in [-0.25, -0.2) is 12.8 Å². The van der Waals surface area contributed by atoms with Crippen LogP contribution in [0.1, 0.15) is 12.8 Å². The highest BCUT2D eigenvalue weighted by molar-refractivity contribution is 7.92. The monoisotopic (exact) mass is 372 g/mol. The molecule has 2 fully saturated rings. The summed E-state index contributed by atoms with van der Waals surface area (Å²) in [6, 6.07) is 5.19. The minimum absolute atomic E-state index is 0.131. The molecule has 2 heterocycles. The number of piperidine rings is 1. The fourth-order valence-electron chi connectivity index (χ4n) is 3.14. The van der Waals surface area contributed by atoms with E-state index in [0.717, 1.165) is 16.6 Å². The van der Waals surface area contributed by atoms with Crippen LogP contribution in [0.4, 0.5) is 10.1 Å². The molecule has 1 aromatic rings. The van der Waals surface area contributed by atoms with Crippen LogP contribution >= 0.6 is 0 Å². The van der Waals surface area contributed by atoms with E-state index in [1.54, 1.807) is 4.90 Å². The number of nitrogens with zero attached hydrogens (tertiary/aromatic N) is 2. The zero-order valence-corrected chi connectivity index (χ0v) is 14.8. The Labute approximate surface area is 146 Å². The molecule has 0 N–H and O–H groups in total. The van der Waals surface area contributed by atoms with Crippen molar-refractivity contribution in [3.8, 4) is 0 Å². The quantitative estimate of drug-likeness (QED) is 0.787. The van der Waals surface area contributed by atoms with E-state index in [1.807, 2.05) is 0 Å². The number of hydrogen-bond donors (Lipinski definition) is 0. The third-order valence-electron chi connectivity index (χ3n) is 4.47. The molecule has 2 saturated heterocycles. The van der Waals surface area contributed by atoms with Gasteiger partial charge in [-0.3, -0.25) is 9.10 Å². The van der Waals surface area contributed by atoms with E-state index in [-0.39, 0.29) is 18.1 Å². The second kappa shape index (κ2) is 6.89. The fraction of sp³-hybridized carbons (Fsp3) is 0.562. The van der Waals surface area contributed by atoms with Gasteiger partial charge < -0.3 is 14.4 Å². The van der Waals surface area contributed by atoms with Crippen molar-refractivity contribution in [2.45, 2.75) is 18.6 Å². The lowest BCUT2D eigenvalue weighted by Gasteiger charge is -2.38. The second-order valence-corrected chi connectivity index (χ2v) is 8.14. The highest BCUT2D eigenvalue weighted by atomic mass is 32.2. The molecule has 0 bridgehead atoms. The van der Waals surface area contributed by atoms with Gasteiger partial charge in [-0.1, -0.05) is 6.07 Å². The van der Waals surface area contributed by atoms with Gasteiger partial charge in [0.15, 0.2) is 5.79 Å². The molecule has 1 spiro atoms. The Morgan fingerprint density at radius 3 is 2.48 bits per heavy atom. The number of hydrogen-bond acceptors (Lipinski definition) is 5. The van der Waals surface area contributed by atoms with Crippen molar-refractivity contribution in [1.82, 2.24) is 4.90 Å². The van der Waals surface area contributed by atoms with Crippen LogP contribution in [0.5, 0.6) is 0 Å². The summed E-state index contributed by atoms with van der Waals surface area (Å²) in [5.41, 5.74) is 0.131. The Morgan fingerprint density at radius 1 is 1.28 bits per heavy atom. The maximum absolute atomic E-state index is 13.4. The van der Waals surface area contributed by atoms with Crippen LogP contribution in [0.2, 0.25) is 0 Å². The molecule has 138 valence electrons. The highest BCUT2D eigenvalue weighted by Crippen LogP contribution is 2.31. The van der Waals surface area contributed by atoms with E-state index in [0.29, 0.717) is 39.1 Å². The van der Waals surface area contributed by atoms with E-state index < -0.39 is 21.6 Å². The summed E-state index contributed by atoms with van der Waals surface area (Å²) in [7, 11) is -3.72. The van der Waals surface area contributed by atoms with Crippen LogP contribution in [-0.4, -0.2) is 64.1 Å². The van der Waals surface area contributed by atoms with Crippen molar-refractivity contribution in [2.24, 2.45) is 0 Å². The minimum atomic E-state index is -3.72. The SMILES string of the molecule is CS(=O)(=O)N(CC(=O)N1CCC2(CC1)OCCO2)c1cccc(F)c1. The van der Waals surface area contributed by atoms with Gasteiger partial charge >= 0.3 is 0 Å². The third kappa shape index (κ3) is 4.10. The minimum Gasteiger partial charge on any atom is -0.347 e. The molecule has 0 atom stereocenters. The van der Waals surface area contributed by atoms with Crippen LogP contribution in [-0.2, 0) is 24.3 Å². The molecule has 2 aliphatic heterocycles. The summed E-state index contributed by atoms with van der Waals surface area (Å²) >= 11 is 0. The van der Waals surface area contributed by atoms with E-state index in [2.05, 4.69) is 0 Å². The van der Waals surface area contributed by atoms with Gasteiger partial charge in [-0.2, -0.15) is 0 Å². The average molecular weight is 372 g/mol. The van der Waals surface area contributed by atoms with Crippen molar-refractivity contribution < 1.29 is 27.1 Å². The molecule has 0 aliphatic carbocycles. The molecule has 0 aromatic heterocycles. The van der Waals surface area contributed by atoms with Gasteiger partial charge in [0.25, 0.3) is 0 Å². The number of anilines is 1. The molecule has 3 rings (SSSR count). The average Bonchev–Trinajstić information content (AvgIpc) is 3.00. The first kappa shape index (κ1) is 18.1. The first-order valence-electron chi connectivity index (χ1n) is 8.08. The number of amides is 1. The number of ether oxygens (including phenoxy) is 2. The molecule has 0 unspecified atom stereocenters. The summed E-state index contributed by atoms with van der Waals surface area (Å²) in [5, 5.41) is 0. The van der Waals surface area contributed by atoms with E-state index in [4.69, 9.17) is 9.47 Å². The molecule has 1 amide bonds. The Morgan fingerprint density at radius 2 is 1.92 bits per heavy atom. The first-order chi connectivity index (χ1) is 11.8. The molecular formula is C16H21FN2O5S. The number of halogens is 1. The predicted molar refractivity (Wildman–Crippen MR) is 89.0 cm³/mol. The molecule has 25 heavy (non-hydrogen) atoms. The van der Waals surface area contributed by atoms with Gasteiger partial charge in [-0.05, 0) is 18.2 Å². The van der Waals surface area contributed by atoms with Crippen LogP contribution in [0.3, 0.4) is 0 Å². The topological polar surface area (TPSA) is 76.2 Å². The second-order valence-electron chi connectivity index (χ2n) is 6.24.